The number of carbonyl (C=O) groups is 4. The molecule has 3 rings (SSSR count). The number of aliphatic carboxylic acids is 1. The molecule has 0 bridgehead atoms. The SMILES string of the molecule is CC(Cc1ccco1)C(=O)NCc1cc(Cl)c(C(=O)N[C@@H](CNC(=O)c2cccs2)C(=O)O)c(Cl)c1. The van der Waals surface area contributed by atoms with Gasteiger partial charge in [0, 0.05) is 25.4 Å². The van der Waals surface area contributed by atoms with Gasteiger partial charge in [-0.1, -0.05) is 36.2 Å². The lowest BCUT2D eigenvalue weighted by Gasteiger charge is -2.17. The minimum absolute atomic E-state index is 0.0142. The topological polar surface area (TPSA) is 138 Å². The van der Waals surface area contributed by atoms with Crippen LogP contribution in [0.3, 0.4) is 0 Å². The predicted octanol–water partition coefficient (Wildman–Crippen LogP) is 3.76. The standard InChI is InChI=1S/C24H23Cl2N3O6S/c1-13(8-15-4-2-6-35-15)21(30)27-11-14-9-16(25)20(17(26)10-14)23(32)29-18(24(33)34)12-28-22(31)19-5-3-7-36-19/h2-7,9-10,13,18H,8,11-12H2,1H3,(H,27,30)(H,28,31)(H,29,32)(H,33,34)/t13?,18-/m0/s1. The van der Waals surface area contributed by atoms with Gasteiger partial charge in [0.25, 0.3) is 11.8 Å². The van der Waals surface area contributed by atoms with E-state index in [2.05, 4.69) is 16.0 Å². The number of hydrogen-bond acceptors (Lipinski definition) is 6. The molecular formula is C24H23Cl2N3O6S. The van der Waals surface area contributed by atoms with Crippen LogP contribution in [0.25, 0.3) is 0 Å². The lowest BCUT2D eigenvalue weighted by atomic mass is 10.1. The van der Waals surface area contributed by atoms with Crippen molar-refractivity contribution in [2.45, 2.75) is 25.9 Å². The number of amides is 3. The Labute approximate surface area is 220 Å². The molecule has 3 aromatic rings. The summed E-state index contributed by atoms with van der Waals surface area (Å²) in [6.45, 7) is 1.55. The molecule has 2 aromatic heterocycles. The Bertz CT molecular complexity index is 1210. The van der Waals surface area contributed by atoms with Crippen molar-refractivity contribution in [3.63, 3.8) is 0 Å². The molecule has 0 radical (unpaired) electrons. The van der Waals surface area contributed by atoms with E-state index in [-0.39, 0.29) is 40.5 Å². The molecule has 1 aromatic carbocycles. The van der Waals surface area contributed by atoms with Crippen molar-refractivity contribution in [3.8, 4) is 0 Å². The van der Waals surface area contributed by atoms with Gasteiger partial charge in [0.1, 0.15) is 11.8 Å². The molecular weight excluding hydrogens is 529 g/mol. The van der Waals surface area contributed by atoms with Gasteiger partial charge in [0.2, 0.25) is 5.91 Å². The van der Waals surface area contributed by atoms with E-state index in [0.717, 1.165) is 0 Å². The average molecular weight is 552 g/mol. The van der Waals surface area contributed by atoms with Gasteiger partial charge in [-0.15, -0.1) is 11.3 Å². The van der Waals surface area contributed by atoms with E-state index in [1.165, 1.54) is 23.5 Å². The maximum Gasteiger partial charge on any atom is 0.328 e. The second-order valence-corrected chi connectivity index (χ2v) is 9.65. The summed E-state index contributed by atoms with van der Waals surface area (Å²) in [7, 11) is 0. The van der Waals surface area contributed by atoms with Gasteiger partial charge in [0.15, 0.2) is 0 Å². The molecule has 36 heavy (non-hydrogen) atoms. The van der Waals surface area contributed by atoms with Crippen molar-refractivity contribution in [2.24, 2.45) is 5.92 Å². The van der Waals surface area contributed by atoms with Crippen LogP contribution < -0.4 is 16.0 Å². The largest absolute Gasteiger partial charge is 0.480 e. The van der Waals surface area contributed by atoms with Crippen LogP contribution in [0.1, 0.15) is 38.3 Å². The summed E-state index contributed by atoms with van der Waals surface area (Å²) in [5.41, 5.74) is 0.438. The summed E-state index contributed by atoms with van der Waals surface area (Å²) in [4.78, 5) is 49.3. The van der Waals surface area contributed by atoms with Crippen LogP contribution in [0.4, 0.5) is 0 Å². The van der Waals surface area contributed by atoms with E-state index >= 15 is 0 Å². The van der Waals surface area contributed by atoms with Crippen LogP contribution in [0.2, 0.25) is 10.0 Å². The Hall–Kier alpha value is -3.34. The van der Waals surface area contributed by atoms with Crippen LogP contribution in [-0.2, 0) is 22.6 Å². The lowest BCUT2D eigenvalue weighted by molar-refractivity contribution is -0.139. The maximum absolute atomic E-state index is 12.8. The van der Waals surface area contributed by atoms with Gasteiger partial charge in [-0.25, -0.2) is 4.79 Å². The Morgan fingerprint density at radius 1 is 1.06 bits per heavy atom. The number of furan rings is 1. The van der Waals surface area contributed by atoms with Crippen molar-refractivity contribution >= 4 is 58.2 Å². The summed E-state index contributed by atoms with van der Waals surface area (Å²) < 4.78 is 5.26. The number of carbonyl (C=O) groups excluding carboxylic acids is 3. The number of carboxylic acid groups (broad SMARTS) is 1. The number of carboxylic acids is 1. The van der Waals surface area contributed by atoms with Crippen molar-refractivity contribution in [1.82, 2.24) is 16.0 Å². The van der Waals surface area contributed by atoms with E-state index in [4.69, 9.17) is 27.6 Å². The normalized spacial score (nSPS) is 12.4. The molecule has 0 spiro atoms. The van der Waals surface area contributed by atoms with E-state index < -0.39 is 23.8 Å². The van der Waals surface area contributed by atoms with Gasteiger partial charge >= 0.3 is 5.97 Å². The molecule has 12 heteroatoms. The van der Waals surface area contributed by atoms with Crippen LogP contribution in [-0.4, -0.2) is 41.4 Å². The van der Waals surface area contributed by atoms with E-state index in [0.29, 0.717) is 22.6 Å². The van der Waals surface area contributed by atoms with E-state index in [1.807, 2.05) is 0 Å². The Morgan fingerprint density at radius 3 is 2.36 bits per heavy atom. The second-order valence-electron chi connectivity index (χ2n) is 7.89. The van der Waals surface area contributed by atoms with Gasteiger partial charge in [0.05, 0.1) is 26.7 Å². The van der Waals surface area contributed by atoms with Crippen molar-refractivity contribution in [2.75, 3.05) is 6.54 Å². The molecule has 3 amide bonds. The zero-order chi connectivity index (χ0) is 26.2. The fraction of sp³-hybridized carbons (Fsp3) is 0.250. The monoisotopic (exact) mass is 551 g/mol. The average Bonchev–Trinajstić information content (AvgIpc) is 3.54. The summed E-state index contributed by atoms with van der Waals surface area (Å²) in [6.07, 6.45) is 1.99. The first kappa shape index (κ1) is 27.3. The highest BCUT2D eigenvalue weighted by atomic mass is 35.5. The number of benzene rings is 1. The number of hydrogen-bond donors (Lipinski definition) is 4. The van der Waals surface area contributed by atoms with Gasteiger partial charge in [-0.2, -0.15) is 0 Å². The third kappa shape index (κ3) is 7.33. The van der Waals surface area contributed by atoms with Crippen molar-refractivity contribution in [1.29, 1.82) is 0 Å². The fourth-order valence-corrected chi connectivity index (χ4v) is 4.60. The zero-order valence-corrected chi connectivity index (χ0v) is 21.4. The quantitative estimate of drug-likeness (QED) is 0.286. The molecule has 4 N–H and O–H groups in total. The fourth-order valence-electron chi connectivity index (χ4n) is 3.25. The number of thiophene rings is 1. The van der Waals surface area contributed by atoms with Crippen LogP contribution in [0, 0.1) is 5.92 Å². The van der Waals surface area contributed by atoms with Crippen LogP contribution in [0.5, 0.6) is 0 Å². The summed E-state index contributed by atoms with van der Waals surface area (Å²) >= 11 is 13.8. The molecule has 0 fully saturated rings. The summed E-state index contributed by atoms with van der Waals surface area (Å²) in [6, 6.07) is 8.35. The molecule has 0 aliphatic rings. The van der Waals surface area contributed by atoms with Crippen LogP contribution in [0.15, 0.2) is 52.5 Å². The van der Waals surface area contributed by atoms with Gasteiger partial charge < -0.3 is 25.5 Å². The minimum atomic E-state index is -1.41. The maximum atomic E-state index is 12.8. The smallest absolute Gasteiger partial charge is 0.328 e. The Balaban J connectivity index is 1.59. The molecule has 9 nitrogen and oxygen atoms in total. The van der Waals surface area contributed by atoms with E-state index in [9.17, 15) is 24.3 Å². The van der Waals surface area contributed by atoms with Crippen LogP contribution >= 0.6 is 34.5 Å². The molecule has 2 atom stereocenters. The highest BCUT2D eigenvalue weighted by molar-refractivity contribution is 7.12. The summed E-state index contributed by atoms with van der Waals surface area (Å²) in [5.74, 6) is -2.44. The first-order chi connectivity index (χ1) is 17.2. The third-order valence-electron chi connectivity index (χ3n) is 5.15. The highest BCUT2D eigenvalue weighted by Gasteiger charge is 2.25. The molecule has 0 aliphatic heterocycles. The zero-order valence-electron chi connectivity index (χ0n) is 19.0. The number of halogens is 2. The summed E-state index contributed by atoms with van der Waals surface area (Å²) in [5, 5.41) is 18.7. The molecule has 1 unspecified atom stereocenters. The third-order valence-corrected chi connectivity index (χ3v) is 6.61. The minimum Gasteiger partial charge on any atom is -0.480 e. The van der Waals surface area contributed by atoms with Crippen molar-refractivity contribution in [3.05, 3.63) is 79.9 Å². The predicted molar refractivity (Wildman–Crippen MR) is 135 cm³/mol. The molecule has 0 aliphatic carbocycles. The molecule has 0 saturated carbocycles. The second kappa shape index (κ2) is 12.6. The first-order valence-corrected chi connectivity index (χ1v) is 12.4. The van der Waals surface area contributed by atoms with Crippen molar-refractivity contribution < 1.29 is 28.7 Å². The lowest BCUT2D eigenvalue weighted by Crippen LogP contribution is -2.48. The molecule has 2 heterocycles. The Morgan fingerprint density at radius 2 is 1.78 bits per heavy atom. The van der Waals surface area contributed by atoms with E-state index in [1.54, 1.807) is 42.8 Å². The molecule has 0 saturated heterocycles. The number of nitrogens with one attached hydrogen (secondary N) is 3. The Kier molecular flexibility index (Phi) is 9.51. The highest BCUT2D eigenvalue weighted by Crippen LogP contribution is 2.27. The molecule has 190 valence electrons. The van der Waals surface area contributed by atoms with Gasteiger partial charge in [-0.3, -0.25) is 14.4 Å². The van der Waals surface area contributed by atoms with Gasteiger partial charge in [-0.05, 0) is 41.3 Å². The first-order valence-electron chi connectivity index (χ1n) is 10.8. The number of rotatable bonds is 11.